The van der Waals surface area contributed by atoms with E-state index in [1.807, 2.05) is 47.4 Å². The van der Waals surface area contributed by atoms with Crippen LogP contribution >= 0.6 is 0 Å². The van der Waals surface area contributed by atoms with E-state index >= 15 is 0 Å². The molecule has 1 fully saturated rings. The second-order valence-corrected chi connectivity index (χ2v) is 6.62. The Labute approximate surface area is 169 Å². The zero-order valence-electron chi connectivity index (χ0n) is 16.2. The molecule has 0 spiro atoms. The summed E-state index contributed by atoms with van der Waals surface area (Å²) >= 11 is 0. The average Bonchev–Trinajstić information content (AvgIpc) is 2.80. The Kier molecular flexibility index (Phi) is 5.51. The largest absolute Gasteiger partial charge is 0.497 e. The van der Waals surface area contributed by atoms with E-state index in [9.17, 15) is 4.79 Å². The molecule has 3 heterocycles. The number of benzene rings is 1. The summed E-state index contributed by atoms with van der Waals surface area (Å²) in [5.74, 6) is 2.10. The molecule has 0 atom stereocenters. The number of anilines is 3. The van der Waals surface area contributed by atoms with E-state index in [2.05, 4.69) is 25.2 Å². The van der Waals surface area contributed by atoms with Gasteiger partial charge >= 0.3 is 0 Å². The standard InChI is InChI=1S/C21H22N6O2/c1-29-18-7-5-17(6-8-18)25-21-23-14-16(15-24-21)20(28)27-12-10-26(11-13-27)19-4-2-3-9-22-19/h2-9,14-15H,10-13H2,1H3,(H,23,24,25). The molecule has 29 heavy (non-hydrogen) atoms. The SMILES string of the molecule is COc1ccc(Nc2ncc(C(=O)N3CCN(c4ccccn4)CC3)cn2)cc1. The number of nitrogens with zero attached hydrogens (tertiary/aromatic N) is 5. The molecule has 1 aromatic carbocycles. The van der Waals surface area contributed by atoms with E-state index in [-0.39, 0.29) is 5.91 Å². The summed E-state index contributed by atoms with van der Waals surface area (Å²) in [5, 5.41) is 3.11. The molecule has 0 unspecified atom stereocenters. The molecule has 4 rings (SSSR count). The molecular formula is C21H22N6O2. The quantitative estimate of drug-likeness (QED) is 0.717. The van der Waals surface area contributed by atoms with E-state index in [1.54, 1.807) is 25.7 Å². The highest BCUT2D eigenvalue weighted by Gasteiger charge is 2.23. The maximum Gasteiger partial charge on any atom is 0.257 e. The molecule has 0 saturated carbocycles. The van der Waals surface area contributed by atoms with Gasteiger partial charge in [0.2, 0.25) is 5.95 Å². The fourth-order valence-electron chi connectivity index (χ4n) is 3.17. The molecule has 1 aliphatic rings. The summed E-state index contributed by atoms with van der Waals surface area (Å²) in [7, 11) is 1.62. The van der Waals surface area contributed by atoms with Crippen molar-refractivity contribution in [1.29, 1.82) is 0 Å². The van der Waals surface area contributed by atoms with Crippen LogP contribution in [0.5, 0.6) is 5.75 Å². The molecule has 1 saturated heterocycles. The van der Waals surface area contributed by atoms with Gasteiger partial charge in [-0.05, 0) is 36.4 Å². The third-order valence-corrected chi connectivity index (χ3v) is 4.79. The van der Waals surface area contributed by atoms with Crippen LogP contribution in [0.25, 0.3) is 0 Å². The van der Waals surface area contributed by atoms with Crippen LogP contribution in [0.3, 0.4) is 0 Å². The molecule has 2 aromatic heterocycles. The molecule has 3 aromatic rings. The Balaban J connectivity index is 1.34. The van der Waals surface area contributed by atoms with Gasteiger partial charge in [0.15, 0.2) is 0 Å². The van der Waals surface area contributed by atoms with Gasteiger partial charge in [-0.2, -0.15) is 0 Å². The molecule has 1 aliphatic heterocycles. The van der Waals surface area contributed by atoms with Crippen molar-refractivity contribution in [3.8, 4) is 5.75 Å². The van der Waals surface area contributed by atoms with Gasteiger partial charge in [-0.25, -0.2) is 15.0 Å². The number of hydrogen-bond donors (Lipinski definition) is 1. The summed E-state index contributed by atoms with van der Waals surface area (Å²) in [5.41, 5.74) is 1.33. The number of ether oxygens (including phenoxy) is 1. The van der Waals surface area contributed by atoms with Gasteiger partial charge in [0.05, 0.1) is 12.7 Å². The molecule has 148 valence electrons. The summed E-state index contributed by atoms with van der Waals surface area (Å²) in [4.78, 5) is 29.7. The highest BCUT2D eigenvalue weighted by molar-refractivity contribution is 5.93. The van der Waals surface area contributed by atoms with E-state index in [0.29, 0.717) is 24.6 Å². The van der Waals surface area contributed by atoms with Crippen molar-refractivity contribution in [3.63, 3.8) is 0 Å². The lowest BCUT2D eigenvalue weighted by Gasteiger charge is -2.35. The number of nitrogens with one attached hydrogen (secondary N) is 1. The molecule has 8 nitrogen and oxygen atoms in total. The van der Waals surface area contributed by atoms with Crippen molar-refractivity contribution >= 4 is 23.4 Å². The minimum atomic E-state index is -0.0540. The number of pyridine rings is 1. The number of carbonyl (C=O) groups is 1. The zero-order chi connectivity index (χ0) is 20.1. The van der Waals surface area contributed by atoms with E-state index < -0.39 is 0 Å². The van der Waals surface area contributed by atoms with Crippen LogP contribution in [0.4, 0.5) is 17.5 Å². The monoisotopic (exact) mass is 390 g/mol. The molecule has 8 heteroatoms. The number of piperazine rings is 1. The van der Waals surface area contributed by atoms with Crippen molar-refractivity contribution in [1.82, 2.24) is 19.9 Å². The Morgan fingerprint density at radius 1 is 0.966 bits per heavy atom. The van der Waals surface area contributed by atoms with Gasteiger partial charge in [-0.1, -0.05) is 6.07 Å². The second kappa shape index (κ2) is 8.55. The predicted molar refractivity (Wildman–Crippen MR) is 111 cm³/mol. The molecule has 1 amide bonds. The first-order valence-corrected chi connectivity index (χ1v) is 9.41. The van der Waals surface area contributed by atoms with E-state index in [0.717, 1.165) is 30.3 Å². The topological polar surface area (TPSA) is 83.5 Å². The van der Waals surface area contributed by atoms with Crippen molar-refractivity contribution in [3.05, 3.63) is 66.6 Å². The number of aromatic nitrogens is 3. The summed E-state index contributed by atoms with van der Waals surface area (Å²) in [6, 6.07) is 13.3. The minimum absolute atomic E-state index is 0.0540. The van der Waals surface area contributed by atoms with Gasteiger partial charge < -0.3 is 19.9 Å². The average molecular weight is 390 g/mol. The Morgan fingerprint density at radius 3 is 2.31 bits per heavy atom. The fourth-order valence-corrected chi connectivity index (χ4v) is 3.17. The van der Waals surface area contributed by atoms with Crippen LogP contribution in [0.15, 0.2) is 61.1 Å². The lowest BCUT2D eigenvalue weighted by molar-refractivity contribution is 0.0745. The third kappa shape index (κ3) is 4.43. The first kappa shape index (κ1) is 18.7. The molecule has 0 aliphatic carbocycles. The van der Waals surface area contributed by atoms with Crippen LogP contribution in [-0.2, 0) is 0 Å². The lowest BCUT2D eigenvalue weighted by Crippen LogP contribution is -2.49. The fraction of sp³-hybridized carbons (Fsp3) is 0.238. The van der Waals surface area contributed by atoms with Crippen molar-refractivity contribution < 1.29 is 9.53 Å². The number of carbonyl (C=O) groups excluding carboxylic acids is 1. The normalized spacial score (nSPS) is 13.8. The van der Waals surface area contributed by atoms with E-state index in [4.69, 9.17) is 4.74 Å². The first-order chi connectivity index (χ1) is 14.2. The van der Waals surface area contributed by atoms with Crippen LogP contribution < -0.4 is 15.0 Å². The van der Waals surface area contributed by atoms with Crippen molar-refractivity contribution in [2.24, 2.45) is 0 Å². The number of amides is 1. The molecule has 0 bridgehead atoms. The Bertz CT molecular complexity index is 939. The second-order valence-electron chi connectivity index (χ2n) is 6.62. The first-order valence-electron chi connectivity index (χ1n) is 9.41. The van der Waals surface area contributed by atoms with E-state index in [1.165, 1.54) is 0 Å². The lowest BCUT2D eigenvalue weighted by atomic mass is 10.2. The Hall–Kier alpha value is -3.68. The summed E-state index contributed by atoms with van der Waals surface area (Å²) in [6.07, 6.45) is 4.91. The Morgan fingerprint density at radius 2 is 1.69 bits per heavy atom. The predicted octanol–water partition coefficient (Wildman–Crippen LogP) is 2.59. The maximum atomic E-state index is 12.8. The third-order valence-electron chi connectivity index (χ3n) is 4.79. The van der Waals surface area contributed by atoms with Gasteiger partial charge in [-0.15, -0.1) is 0 Å². The summed E-state index contributed by atoms with van der Waals surface area (Å²) in [6.45, 7) is 2.78. The van der Waals surface area contributed by atoms with Gasteiger partial charge in [0.25, 0.3) is 5.91 Å². The number of rotatable bonds is 5. The zero-order valence-corrected chi connectivity index (χ0v) is 16.2. The highest BCUT2D eigenvalue weighted by atomic mass is 16.5. The molecule has 1 N–H and O–H groups in total. The van der Waals surface area contributed by atoms with Gasteiger partial charge in [0, 0.05) is 50.5 Å². The number of methoxy groups -OCH3 is 1. The smallest absolute Gasteiger partial charge is 0.257 e. The van der Waals surface area contributed by atoms with Crippen molar-refractivity contribution in [2.45, 2.75) is 0 Å². The van der Waals surface area contributed by atoms with Crippen LogP contribution in [-0.4, -0.2) is 59.0 Å². The van der Waals surface area contributed by atoms with Gasteiger partial charge in [-0.3, -0.25) is 4.79 Å². The minimum Gasteiger partial charge on any atom is -0.497 e. The van der Waals surface area contributed by atoms with Crippen LogP contribution in [0.2, 0.25) is 0 Å². The van der Waals surface area contributed by atoms with Crippen LogP contribution in [0, 0.1) is 0 Å². The molecular weight excluding hydrogens is 368 g/mol. The summed E-state index contributed by atoms with van der Waals surface area (Å²) < 4.78 is 5.14. The van der Waals surface area contributed by atoms with Gasteiger partial charge in [0.1, 0.15) is 11.6 Å². The maximum absolute atomic E-state index is 12.8. The van der Waals surface area contributed by atoms with Crippen molar-refractivity contribution in [2.75, 3.05) is 43.5 Å². The molecule has 0 radical (unpaired) electrons. The highest BCUT2D eigenvalue weighted by Crippen LogP contribution is 2.18. The number of hydrogen-bond acceptors (Lipinski definition) is 7. The van der Waals surface area contributed by atoms with Crippen LogP contribution in [0.1, 0.15) is 10.4 Å².